The molecular formula is C19H27N3. The lowest BCUT2D eigenvalue weighted by atomic mass is 9.86. The normalized spacial score (nSPS) is 29.3. The monoisotopic (exact) mass is 297 g/mol. The van der Waals surface area contributed by atoms with Gasteiger partial charge in [0.15, 0.2) is 0 Å². The van der Waals surface area contributed by atoms with E-state index in [2.05, 4.69) is 41.5 Å². The Morgan fingerprint density at radius 2 is 1.82 bits per heavy atom. The van der Waals surface area contributed by atoms with E-state index in [1.165, 1.54) is 48.9 Å². The summed E-state index contributed by atoms with van der Waals surface area (Å²) < 4.78 is 0. The number of fused-ring (bicyclic) bond motifs is 1. The van der Waals surface area contributed by atoms with Crippen LogP contribution in [-0.4, -0.2) is 29.9 Å². The molecule has 2 atom stereocenters. The fourth-order valence-corrected chi connectivity index (χ4v) is 4.44. The van der Waals surface area contributed by atoms with Crippen molar-refractivity contribution >= 4 is 5.71 Å². The van der Waals surface area contributed by atoms with E-state index in [0.717, 1.165) is 19.5 Å². The van der Waals surface area contributed by atoms with Crippen LogP contribution in [0.15, 0.2) is 29.4 Å². The Hall–Kier alpha value is -1.35. The van der Waals surface area contributed by atoms with Crippen molar-refractivity contribution < 1.29 is 0 Å². The van der Waals surface area contributed by atoms with Gasteiger partial charge < -0.3 is 5.32 Å². The Bertz CT molecular complexity index is 542. The van der Waals surface area contributed by atoms with Gasteiger partial charge in [-0.05, 0) is 38.3 Å². The van der Waals surface area contributed by atoms with E-state index in [1.54, 1.807) is 0 Å². The lowest BCUT2D eigenvalue weighted by Crippen LogP contribution is -2.33. The first-order valence-corrected chi connectivity index (χ1v) is 8.96. The summed E-state index contributed by atoms with van der Waals surface area (Å²) in [5.41, 5.74) is 4.25. The SMILES string of the molecule is Cc1ccc(C2C3CCNCCC3=NN2C2CCCC2)cc1. The highest BCUT2D eigenvalue weighted by Crippen LogP contribution is 2.43. The molecule has 1 saturated heterocycles. The van der Waals surface area contributed by atoms with Crippen molar-refractivity contribution in [3.8, 4) is 0 Å². The van der Waals surface area contributed by atoms with Crippen molar-refractivity contribution in [2.75, 3.05) is 13.1 Å². The fraction of sp³-hybridized carbons (Fsp3) is 0.632. The van der Waals surface area contributed by atoms with Crippen molar-refractivity contribution in [1.82, 2.24) is 10.3 Å². The minimum absolute atomic E-state index is 0.471. The van der Waals surface area contributed by atoms with Gasteiger partial charge >= 0.3 is 0 Å². The predicted octanol–water partition coefficient (Wildman–Crippen LogP) is 3.65. The van der Waals surface area contributed by atoms with Crippen molar-refractivity contribution in [1.29, 1.82) is 0 Å². The number of aryl methyl sites for hydroxylation is 1. The van der Waals surface area contributed by atoms with Crippen LogP contribution in [0.5, 0.6) is 0 Å². The first kappa shape index (κ1) is 14.3. The van der Waals surface area contributed by atoms with E-state index in [9.17, 15) is 0 Å². The van der Waals surface area contributed by atoms with E-state index in [-0.39, 0.29) is 0 Å². The van der Waals surface area contributed by atoms with Gasteiger partial charge in [0.2, 0.25) is 0 Å². The third kappa shape index (κ3) is 2.56. The van der Waals surface area contributed by atoms with Gasteiger partial charge in [-0.3, -0.25) is 5.01 Å². The Morgan fingerprint density at radius 1 is 1.05 bits per heavy atom. The van der Waals surface area contributed by atoms with Gasteiger partial charge in [-0.25, -0.2) is 0 Å². The van der Waals surface area contributed by atoms with Crippen LogP contribution in [0.4, 0.5) is 0 Å². The molecule has 0 amide bonds. The van der Waals surface area contributed by atoms with Crippen molar-refractivity contribution in [2.24, 2.45) is 11.0 Å². The fourth-order valence-electron chi connectivity index (χ4n) is 4.44. The largest absolute Gasteiger partial charge is 0.316 e. The summed E-state index contributed by atoms with van der Waals surface area (Å²) in [4.78, 5) is 0. The van der Waals surface area contributed by atoms with Crippen molar-refractivity contribution in [2.45, 2.75) is 57.5 Å². The Morgan fingerprint density at radius 3 is 2.59 bits per heavy atom. The van der Waals surface area contributed by atoms with Gasteiger partial charge in [0, 0.05) is 30.6 Å². The molecule has 3 aliphatic rings. The van der Waals surface area contributed by atoms with Gasteiger partial charge in [-0.15, -0.1) is 0 Å². The van der Waals surface area contributed by atoms with Crippen LogP contribution in [-0.2, 0) is 0 Å². The third-order valence-electron chi connectivity index (χ3n) is 5.65. The molecule has 2 heterocycles. The zero-order chi connectivity index (χ0) is 14.9. The molecule has 0 spiro atoms. The lowest BCUT2D eigenvalue weighted by Gasteiger charge is -2.33. The second kappa shape index (κ2) is 6.04. The maximum absolute atomic E-state index is 5.14. The van der Waals surface area contributed by atoms with Crippen LogP contribution in [0.25, 0.3) is 0 Å². The van der Waals surface area contributed by atoms with E-state index >= 15 is 0 Å². The standard InChI is InChI=1S/C19H27N3/c1-14-6-8-15(9-7-14)19-17-10-12-20-13-11-18(17)21-22(19)16-4-2-3-5-16/h6-9,16-17,19-20H,2-5,10-13H2,1H3. The average Bonchev–Trinajstić information content (AvgIpc) is 3.11. The summed E-state index contributed by atoms with van der Waals surface area (Å²) in [6.07, 6.45) is 7.74. The van der Waals surface area contributed by atoms with Gasteiger partial charge in [0.05, 0.1) is 6.04 Å². The molecule has 1 saturated carbocycles. The number of nitrogens with zero attached hydrogens (tertiary/aromatic N) is 2. The minimum Gasteiger partial charge on any atom is -0.316 e. The summed E-state index contributed by atoms with van der Waals surface area (Å²) in [7, 11) is 0. The van der Waals surface area contributed by atoms with Crippen LogP contribution in [0.3, 0.4) is 0 Å². The summed E-state index contributed by atoms with van der Waals surface area (Å²) in [6, 6.07) is 10.3. The highest BCUT2D eigenvalue weighted by Gasteiger charge is 2.41. The summed E-state index contributed by atoms with van der Waals surface area (Å²) in [5, 5.41) is 11.2. The topological polar surface area (TPSA) is 27.6 Å². The molecule has 2 unspecified atom stereocenters. The number of hydrogen-bond acceptors (Lipinski definition) is 3. The zero-order valence-electron chi connectivity index (χ0n) is 13.6. The zero-order valence-corrected chi connectivity index (χ0v) is 13.6. The number of hydrazone groups is 1. The van der Waals surface area contributed by atoms with Gasteiger partial charge in [-0.1, -0.05) is 42.7 Å². The summed E-state index contributed by atoms with van der Waals surface area (Å²) >= 11 is 0. The van der Waals surface area contributed by atoms with Gasteiger partial charge in [-0.2, -0.15) is 5.10 Å². The number of nitrogens with one attached hydrogen (secondary N) is 1. The third-order valence-corrected chi connectivity index (χ3v) is 5.65. The number of hydrogen-bond donors (Lipinski definition) is 1. The van der Waals surface area contributed by atoms with Crippen LogP contribution < -0.4 is 5.32 Å². The number of benzene rings is 1. The maximum Gasteiger partial charge on any atom is 0.0804 e. The van der Waals surface area contributed by atoms with Crippen LogP contribution in [0.2, 0.25) is 0 Å². The highest BCUT2D eigenvalue weighted by atomic mass is 15.5. The van der Waals surface area contributed by atoms with Gasteiger partial charge in [0.25, 0.3) is 0 Å². The summed E-state index contributed by atoms with van der Waals surface area (Å²) in [5.74, 6) is 0.610. The second-order valence-electron chi connectivity index (χ2n) is 7.16. The first-order valence-electron chi connectivity index (χ1n) is 8.96. The van der Waals surface area contributed by atoms with E-state index in [1.807, 2.05) is 0 Å². The quantitative estimate of drug-likeness (QED) is 0.902. The van der Waals surface area contributed by atoms with Crippen molar-refractivity contribution in [3.63, 3.8) is 0 Å². The Labute approximate surface area is 133 Å². The van der Waals surface area contributed by atoms with Crippen LogP contribution >= 0.6 is 0 Å². The van der Waals surface area contributed by atoms with Crippen molar-refractivity contribution in [3.05, 3.63) is 35.4 Å². The van der Waals surface area contributed by atoms with E-state index in [4.69, 9.17) is 5.10 Å². The molecule has 1 aromatic rings. The molecule has 0 aromatic heterocycles. The van der Waals surface area contributed by atoms with Crippen LogP contribution in [0.1, 0.15) is 55.7 Å². The maximum atomic E-state index is 5.14. The molecule has 118 valence electrons. The van der Waals surface area contributed by atoms with E-state index < -0.39 is 0 Å². The molecular weight excluding hydrogens is 270 g/mol. The average molecular weight is 297 g/mol. The first-order chi connectivity index (χ1) is 10.8. The molecule has 0 radical (unpaired) electrons. The molecule has 2 aliphatic heterocycles. The molecule has 22 heavy (non-hydrogen) atoms. The lowest BCUT2D eigenvalue weighted by molar-refractivity contribution is 0.138. The highest BCUT2D eigenvalue weighted by molar-refractivity contribution is 5.89. The molecule has 4 rings (SSSR count). The number of rotatable bonds is 2. The molecule has 1 N–H and O–H groups in total. The Balaban J connectivity index is 1.68. The minimum atomic E-state index is 0.471. The Kier molecular flexibility index (Phi) is 3.91. The second-order valence-corrected chi connectivity index (χ2v) is 7.16. The van der Waals surface area contributed by atoms with Gasteiger partial charge in [0.1, 0.15) is 0 Å². The predicted molar refractivity (Wildman–Crippen MR) is 91.0 cm³/mol. The molecule has 0 bridgehead atoms. The molecule has 1 aliphatic carbocycles. The summed E-state index contributed by atoms with van der Waals surface area (Å²) in [6.45, 7) is 4.39. The smallest absolute Gasteiger partial charge is 0.0804 e. The molecule has 2 fully saturated rings. The van der Waals surface area contributed by atoms with Crippen LogP contribution in [0, 0.1) is 12.8 Å². The molecule has 3 heteroatoms. The van der Waals surface area contributed by atoms with E-state index in [0.29, 0.717) is 18.0 Å². The molecule has 3 nitrogen and oxygen atoms in total. The molecule has 1 aromatic carbocycles.